The fourth-order valence-corrected chi connectivity index (χ4v) is 4.05. The van der Waals surface area contributed by atoms with E-state index in [0.29, 0.717) is 31.5 Å². The van der Waals surface area contributed by atoms with Gasteiger partial charge in [-0.15, -0.1) is 0 Å². The number of rotatable bonds is 4. The maximum atomic E-state index is 13.3. The number of benzene rings is 2. The van der Waals surface area contributed by atoms with Crippen LogP contribution in [-0.4, -0.2) is 29.1 Å². The standard InChI is InChI=1S/C22H24F3NO2/c1-14-8-9-19(15(2)11-14)20(26-10-4-6-17(13-26)21(27)28)16-5-3-7-18(12-16)22(23,24)25/h3,5,7-9,11-12,17,20H,4,6,10,13H2,1-2H3,(H,27,28). The molecular formula is C22H24F3NO2. The van der Waals surface area contributed by atoms with E-state index >= 15 is 0 Å². The second kappa shape index (κ2) is 7.95. The molecule has 1 heterocycles. The summed E-state index contributed by atoms with van der Waals surface area (Å²) in [5, 5.41) is 9.45. The molecule has 150 valence electrons. The van der Waals surface area contributed by atoms with Crippen molar-refractivity contribution in [3.05, 3.63) is 70.3 Å². The normalized spacial score (nSPS) is 19.4. The SMILES string of the molecule is Cc1ccc(C(c2cccc(C(F)(F)F)c2)N2CCCC(C(=O)O)C2)c(C)c1. The number of hydrogen-bond donors (Lipinski definition) is 1. The van der Waals surface area contributed by atoms with E-state index in [0.717, 1.165) is 22.8 Å². The van der Waals surface area contributed by atoms with Crippen LogP contribution < -0.4 is 0 Å². The first-order chi connectivity index (χ1) is 13.2. The summed E-state index contributed by atoms with van der Waals surface area (Å²) in [6, 6.07) is 10.9. The Morgan fingerprint density at radius 1 is 1.18 bits per heavy atom. The molecule has 6 heteroatoms. The molecule has 0 saturated carbocycles. The van der Waals surface area contributed by atoms with Crippen LogP contribution in [-0.2, 0) is 11.0 Å². The lowest BCUT2D eigenvalue weighted by atomic mass is 9.88. The lowest BCUT2D eigenvalue weighted by molar-refractivity contribution is -0.143. The molecule has 2 aromatic carbocycles. The molecule has 3 nitrogen and oxygen atoms in total. The van der Waals surface area contributed by atoms with E-state index in [-0.39, 0.29) is 0 Å². The Kier molecular flexibility index (Phi) is 5.79. The van der Waals surface area contributed by atoms with Crippen molar-refractivity contribution in [3.8, 4) is 0 Å². The number of aryl methyl sites for hydroxylation is 2. The molecule has 0 aromatic heterocycles. The quantitative estimate of drug-likeness (QED) is 0.778. The largest absolute Gasteiger partial charge is 0.481 e. The van der Waals surface area contributed by atoms with E-state index < -0.39 is 29.7 Å². The molecule has 2 aromatic rings. The Balaban J connectivity index is 2.08. The van der Waals surface area contributed by atoms with Gasteiger partial charge < -0.3 is 5.11 Å². The van der Waals surface area contributed by atoms with Crippen LogP contribution in [0.15, 0.2) is 42.5 Å². The smallest absolute Gasteiger partial charge is 0.416 e. The number of aliphatic carboxylic acids is 1. The second-order valence-electron chi connectivity index (χ2n) is 7.56. The second-order valence-corrected chi connectivity index (χ2v) is 7.56. The van der Waals surface area contributed by atoms with Gasteiger partial charge in [-0.2, -0.15) is 13.2 Å². The third-order valence-corrected chi connectivity index (χ3v) is 5.42. The molecule has 1 N–H and O–H groups in total. The molecule has 1 fully saturated rings. The van der Waals surface area contributed by atoms with Crippen LogP contribution in [0.25, 0.3) is 0 Å². The molecule has 1 aliphatic rings. The van der Waals surface area contributed by atoms with Crippen molar-refractivity contribution >= 4 is 5.97 Å². The third kappa shape index (κ3) is 4.38. The molecular weight excluding hydrogens is 367 g/mol. The summed E-state index contributed by atoms with van der Waals surface area (Å²) in [6.07, 6.45) is -3.13. The molecule has 0 spiro atoms. The zero-order chi connectivity index (χ0) is 20.5. The first-order valence-electron chi connectivity index (χ1n) is 9.38. The number of carboxylic acid groups (broad SMARTS) is 1. The summed E-state index contributed by atoms with van der Waals surface area (Å²) >= 11 is 0. The van der Waals surface area contributed by atoms with Crippen molar-refractivity contribution in [1.29, 1.82) is 0 Å². The zero-order valence-corrected chi connectivity index (χ0v) is 16.0. The van der Waals surface area contributed by atoms with Gasteiger partial charge in [0.05, 0.1) is 17.5 Å². The summed E-state index contributed by atoms with van der Waals surface area (Å²) < 4.78 is 39.9. The summed E-state index contributed by atoms with van der Waals surface area (Å²) in [6.45, 7) is 4.89. The van der Waals surface area contributed by atoms with Crippen molar-refractivity contribution in [1.82, 2.24) is 4.90 Å². The van der Waals surface area contributed by atoms with Crippen molar-refractivity contribution in [3.63, 3.8) is 0 Å². The maximum absolute atomic E-state index is 13.3. The molecule has 3 rings (SSSR count). The van der Waals surface area contributed by atoms with Gasteiger partial charge in [0.15, 0.2) is 0 Å². The van der Waals surface area contributed by atoms with Crippen LogP contribution in [0.1, 0.15) is 46.7 Å². The highest BCUT2D eigenvalue weighted by Crippen LogP contribution is 2.37. The van der Waals surface area contributed by atoms with Gasteiger partial charge in [-0.3, -0.25) is 9.69 Å². The van der Waals surface area contributed by atoms with Crippen LogP contribution in [0.3, 0.4) is 0 Å². The molecule has 28 heavy (non-hydrogen) atoms. The Morgan fingerprint density at radius 3 is 2.57 bits per heavy atom. The summed E-state index contributed by atoms with van der Waals surface area (Å²) in [5.41, 5.74) is 2.82. The van der Waals surface area contributed by atoms with Crippen LogP contribution in [0.5, 0.6) is 0 Å². The van der Waals surface area contributed by atoms with Gasteiger partial charge in [0, 0.05) is 6.54 Å². The molecule has 0 bridgehead atoms. The molecule has 0 amide bonds. The minimum Gasteiger partial charge on any atom is -0.481 e. The van der Waals surface area contributed by atoms with Crippen LogP contribution >= 0.6 is 0 Å². The summed E-state index contributed by atoms with van der Waals surface area (Å²) in [5.74, 6) is -1.36. The van der Waals surface area contributed by atoms with Gasteiger partial charge in [0.1, 0.15) is 0 Å². The number of likely N-dealkylation sites (tertiary alicyclic amines) is 1. The molecule has 1 aliphatic heterocycles. The number of carboxylic acids is 1. The van der Waals surface area contributed by atoms with E-state index in [1.165, 1.54) is 12.1 Å². The molecule has 1 saturated heterocycles. The molecule has 2 unspecified atom stereocenters. The van der Waals surface area contributed by atoms with Gasteiger partial charge in [0.2, 0.25) is 0 Å². The predicted molar refractivity (Wildman–Crippen MR) is 101 cm³/mol. The van der Waals surface area contributed by atoms with E-state index in [4.69, 9.17) is 0 Å². The topological polar surface area (TPSA) is 40.5 Å². The minimum absolute atomic E-state index is 0.323. The van der Waals surface area contributed by atoms with Crippen molar-refractivity contribution in [2.24, 2.45) is 5.92 Å². The molecule has 2 atom stereocenters. The fourth-order valence-electron chi connectivity index (χ4n) is 4.05. The average molecular weight is 391 g/mol. The number of alkyl halides is 3. The first kappa shape index (κ1) is 20.4. The van der Waals surface area contributed by atoms with Gasteiger partial charge in [-0.05, 0) is 62.1 Å². The molecule has 0 radical (unpaired) electrons. The molecule has 0 aliphatic carbocycles. The van der Waals surface area contributed by atoms with E-state index in [2.05, 4.69) is 0 Å². The maximum Gasteiger partial charge on any atom is 0.416 e. The highest BCUT2D eigenvalue weighted by atomic mass is 19.4. The number of halogens is 3. The van der Waals surface area contributed by atoms with Gasteiger partial charge in [-0.25, -0.2) is 0 Å². The minimum atomic E-state index is -4.42. The van der Waals surface area contributed by atoms with E-state index in [1.54, 1.807) is 6.07 Å². The number of carbonyl (C=O) groups is 1. The monoisotopic (exact) mass is 391 g/mol. The van der Waals surface area contributed by atoms with Crippen LogP contribution in [0.2, 0.25) is 0 Å². The Bertz CT molecular complexity index is 863. The van der Waals surface area contributed by atoms with Crippen molar-refractivity contribution < 1.29 is 23.1 Å². The average Bonchev–Trinajstić information content (AvgIpc) is 2.63. The van der Waals surface area contributed by atoms with Crippen molar-refractivity contribution in [2.45, 2.75) is 38.9 Å². The van der Waals surface area contributed by atoms with Crippen LogP contribution in [0, 0.1) is 19.8 Å². The Labute approximate surface area is 162 Å². The third-order valence-electron chi connectivity index (χ3n) is 5.42. The Morgan fingerprint density at radius 2 is 1.93 bits per heavy atom. The van der Waals surface area contributed by atoms with Gasteiger partial charge in [0.25, 0.3) is 0 Å². The summed E-state index contributed by atoms with van der Waals surface area (Å²) in [4.78, 5) is 13.5. The summed E-state index contributed by atoms with van der Waals surface area (Å²) in [7, 11) is 0. The fraction of sp³-hybridized carbons (Fsp3) is 0.409. The number of nitrogens with zero attached hydrogens (tertiary/aromatic N) is 1. The van der Waals surface area contributed by atoms with Crippen molar-refractivity contribution in [2.75, 3.05) is 13.1 Å². The number of hydrogen-bond acceptors (Lipinski definition) is 2. The van der Waals surface area contributed by atoms with E-state index in [1.807, 2.05) is 36.9 Å². The highest BCUT2D eigenvalue weighted by Gasteiger charge is 2.34. The van der Waals surface area contributed by atoms with Gasteiger partial charge >= 0.3 is 12.1 Å². The number of piperidine rings is 1. The highest BCUT2D eigenvalue weighted by molar-refractivity contribution is 5.70. The predicted octanol–water partition coefficient (Wildman–Crippen LogP) is 5.21. The first-order valence-corrected chi connectivity index (χ1v) is 9.38. The zero-order valence-electron chi connectivity index (χ0n) is 16.0. The Hall–Kier alpha value is -2.34. The van der Waals surface area contributed by atoms with Crippen LogP contribution in [0.4, 0.5) is 13.2 Å². The van der Waals surface area contributed by atoms with Gasteiger partial charge in [-0.1, -0.05) is 35.9 Å². The lowest BCUT2D eigenvalue weighted by Crippen LogP contribution is -2.41. The van der Waals surface area contributed by atoms with E-state index in [9.17, 15) is 23.1 Å². The lowest BCUT2D eigenvalue weighted by Gasteiger charge is -2.38.